The minimum atomic E-state index is -0.974. The first kappa shape index (κ1) is 25.5. The first-order valence-electron chi connectivity index (χ1n) is 11.1. The van der Waals surface area contributed by atoms with Crippen molar-refractivity contribution in [2.75, 3.05) is 30.4 Å². The average molecular weight is 480 g/mol. The maximum atomic E-state index is 15.2. The minimum absolute atomic E-state index is 0.00911. The van der Waals surface area contributed by atoms with Crippen molar-refractivity contribution in [3.05, 3.63) is 47.8 Å². The molecule has 1 saturated heterocycles. The van der Waals surface area contributed by atoms with Gasteiger partial charge in [0, 0.05) is 25.0 Å². The molecule has 1 aliphatic carbocycles. The van der Waals surface area contributed by atoms with Gasteiger partial charge in [0.25, 0.3) is 0 Å². The highest BCUT2D eigenvalue weighted by molar-refractivity contribution is 5.90. The highest BCUT2D eigenvalue weighted by Gasteiger charge is 2.38. The van der Waals surface area contributed by atoms with Crippen LogP contribution < -0.4 is 15.5 Å². The van der Waals surface area contributed by atoms with Crippen molar-refractivity contribution in [3.8, 4) is 0 Å². The van der Waals surface area contributed by atoms with Gasteiger partial charge in [-0.25, -0.2) is 13.6 Å². The highest BCUT2D eigenvalue weighted by atomic mass is 19.1. The first-order chi connectivity index (χ1) is 15.9. The Morgan fingerprint density at radius 2 is 2.00 bits per heavy atom. The molecule has 0 spiro atoms. The molecular formula is C24H31F2N3O5. The summed E-state index contributed by atoms with van der Waals surface area (Å²) in [7, 11) is 1.46. The number of carbonyl (C=O) groups excluding carboxylic acids is 2. The van der Waals surface area contributed by atoms with Crippen LogP contribution in [0.1, 0.15) is 27.7 Å². The number of nitrogens with one attached hydrogen (secondary N) is 2. The smallest absolute Gasteiger partial charge is 0.414 e. The van der Waals surface area contributed by atoms with Gasteiger partial charge in [0.15, 0.2) is 11.6 Å². The summed E-state index contributed by atoms with van der Waals surface area (Å²) in [5.41, 5.74) is -1.29. The standard InChI is InChI=1S/C24H31F2N3O5/c1-13(2)17-10-21(33-5)20(31)6-7-24(17,4)28-22-18(25)8-15(9-19(22)26)29-12-16(34-23(29)32)11-27-14(3)30/h6-10,13,16-17,20,28,31H,11-12H2,1-5H3,(H,27,30)/t16-,17?,20+,24?/m0/s1. The molecule has 2 amide bonds. The molecule has 0 saturated carbocycles. The summed E-state index contributed by atoms with van der Waals surface area (Å²) < 4.78 is 40.8. The fourth-order valence-electron chi connectivity index (χ4n) is 4.34. The molecule has 0 bridgehead atoms. The van der Waals surface area contributed by atoms with Crippen LogP contribution in [0.4, 0.5) is 25.0 Å². The third-order valence-corrected chi connectivity index (χ3v) is 6.09. The number of hydrogen-bond acceptors (Lipinski definition) is 6. The Balaban J connectivity index is 1.88. The molecule has 4 atom stereocenters. The Morgan fingerprint density at radius 1 is 1.35 bits per heavy atom. The van der Waals surface area contributed by atoms with Crippen LogP contribution in [0.3, 0.4) is 0 Å². The van der Waals surface area contributed by atoms with Crippen molar-refractivity contribution in [1.29, 1.82) is 0 Å². The van der Waals surface area contributed by atoms with Gasteiger partial charge in [-0.2, -0.15) is 0 Å². The van der Waals surface area contributed by atoms with Crippen LogP contribution in [-0.4, -0.2) is 55.1 Å². The van der Waals surface area contributed by atoms with Gasteiger partial charge in [-0.05, 0) is 18.9 Å². The van der Waals surface area contributed by atoms with E-state index >= 15 is 8.78 Å². The zero-order valence-electron chi connectivity index (χ0n) is 19.9. The second-order valence-corrected chi connectivity index (χ2v) is 9.09. The van der Waals surface area contributed by atoms with E-state index in [1.165, 1.54) is 20.1 Å². The summed E-state index contributed by atoms with van der Waals surface area (Å²) in [5, 5.41) is 15.8. The lowest BCUT2D eigenvalue weighted by atomic mass is 9.78. The average Bonchev–Trinajstić information content (AvgIpc) is 3.07. The van der Waals surface area contributed by atoms with E-state index in [4.69, 9.17) is 9.47 Å². The van der Waals surface area contributed by atoms with Gasteiger partial charge < -0.3 is 25.2 Å². The van der Waals surface area contributed by atoms with Crippen molar-refractivity contribution < 1.29 is 33.0 Å². The summed E-state index contributed by atoms with van der Waals surface area (Å²) in [6.07, 6.45) is 2.61. The highest BCUT2D eigenvalue weighted by Crippen LogP contribution is 2.37. The first-order valence-corrected chi connectivity index (χ1v) is 11.1. The van der Waals surface area contributed by atoms with Crippen LogP contribution in [0.2, 0.25) is 0 Å². The molecule has 3 N–H and O–H groups in total. The number of ether oxygens (including phenoxy) is 2. The minimum Gasteiger partial charge on any atom is -0.498 e. The van der Waals surface area contributed by atoms with Crippen LogP contribution in [0.25, 0.3) is 0 Å². The van der Waals surface area contributed by atoms with Gasteiger partial charge in [0.05, 0.1) is 31.4 Å². The van der Waals surface area contributed by atoms with Gasteiger partial charge in [-0.15, -0.1) is 0 Å². The number of aliphatic hydroxyl groups excluding tert-OH is 1. The van der Waals surface area contributed by atoms with E-state index in [9.17, 15) is 14.7 Å². The number of methoxy groups -OCH3 is 1. The summed E-state index contributed by atoms with van der Waals surface area (Å²) in [6.45, 7) is 7.20. The lowest BCUT2D eigenvalue weighted by Crippen LogP contribution is -2.43. The van der Waals surface area contributed by atoms with Gasteiger partial charge in [-0.3, -0.25) is 9.69 Å². The molecule has 3 rings (SSSR count). The van der Waals surface area contributed by atoms with Gasteiger partial charge in [0.1, 0.15) is 23.7 Å². The molecule has 186 valence electrons. The number of halogens is 2. The number of hydrogen-bond donors (Lipinski definition) is 3. The Hall–Kier alpha value is -3.14. The van der Waals surface area contributed by atoms with Gasteiger partial charge in [-0.1, -0.05) is 26.0 Å². The zero-order chi connectivity index (χ0) is 25.2. The molecular weight excluding hydrogens is 448 g/mol. The molecule has 1 aromatic carbocycles. The quantitative estimate of drug-likeness (QED) is 0.519. The molecule has 0 aromatic heterocycles. The topological polar surface area (TPSA) is 100 Å². The molecule has 34 heavy (non-hydrogen) atoms. The predicted molar refractivity (Wildman–Crippen MR) is 123 cm³/mol. The van der Waals surface area contributed by atoms with E-state index in [-0.39, 0.29) is 42.2 Å². The third-order valence-electron chi connectivity index (χ3n) is 6.09. The van der Waals surface area contributed by atoms with Crippen LogP contribution >= 0.6 is 0 Å². The number of cyclic esters (lactones) is 1. The van der Waals surface area contributed by atoms with Crippen LogP contribution in [0.15, 0.2) is 36.1 Å². The van der Waals surface area contributed by atoms with Crippen molar-refractivity contribution in [2.45, 2.75) is 45.4 Å². The van der Waals surface area contributed by atoms with Gasteiger partial charge in [0.2, 0.25) is 5.91 Å². The van der Waals surface area contributed by atoms with Crippen LogP contribution in [0.5, 0.6) is 0 Å². The van der Waals surface area contributed by atoms with E-state index < -0.39 is 35.5 Å². The van der Waals surface area contributed by atoms with E-state index in [0.29, 0.717) is 5.76 Å². The fourth-order valence-corrected chi connectivity index (χ4v) is 4.34. The number of anilines is 2. The summed E-state index contributed by atoms with van der Waals surface area (Å²) in [5.74, 6) is -1.90. The monoisotopic (exact) mass is 479 g/mol. The molecule has 1 heterocycles. The molecule has 8 nitrogen and oxygen atoms in total. The lowest BCUT2D eigenvalue weighted by Gasteiger charge is -2.37. The second kappa shape index (κ2) is 10.0. The van der Waals surface area contributed by atoms with Crippen LogP contribution in [-0.2, 0) is 14.3 Å². The summed E-state index contributed by atoms with van der Waals surface area (Å²) in [6, 6.07) is 2.12. The number of benzene rings is 1. The molecule has 1 aliphatic heterocycles. The predicted octanol–water partition coefficient (Wildman–Crippen LogP) is 3.33. The normalized spacial score (nSPS) is 26.7. The van der Waals surface area contributed by atoms with Crippen molar-refractivity contribution in [3.63, 3.8) is 0 Å². The Kier molecular flexibility index (Phi) is 7.50. The zero-order valence-corrected chi connectivity index (χ0v) is 19.9. The number of aliphatic hydroxyl groups is 1. The largest absolute Gasteiger partial charge is 0.498 e. The van der Waals surface area contributed by atoms with Crippen molar-refractivity contribution >= 4 is 23.4 Å². The molecule has 0 radical (unpaired) electrons. The van der Waals surface area contributed by atoms with E-state index in [1.54, 1.807) is 19.1 Å². The number of nitrogens with zero attached hydrogens (tertiary/aromatic N) is 1. The second-order valence-electron chi connectivity index (χ2n) is 9.09. The van der Waals surface area contributed by atoms with Gasteiger partial charge >= 0.3 is 6.09 Å². The number of rotatable bonds is 7. The third kappa shape index (κ3) is 5.32. The molecule has 1 aromatic rings. The summed E-state index contributed by atoms with van der Waals surface area (Å²) in [4.78, 5) is 24.4. The number of amides is 2. The molecule has 10 heteroatoms. The number of carbonyl (C=O) groups is 2. The molecule has 2 unspecified atom stereocenters. The maximum Gasteiger partial charge on any atom is 0.414 e. The van der Waals surface area contributed by atoms with Crippen LogP contribution in [0, 0.1) is 23.5 Å². The Bertz CT molecular complexity index is 989. The lowest BCUT2D eigenvalue weighted by molar-refractivity contribution is -0.119. The van der Waals surface area contributed by atoms with E-state index in [1.807, 2.05) is 13.8 Å². The Morgan fingerprint density at radius 3 is 2.56 bits per heavy atom. The fraction of sp³-hybridized carbons (Fsp3) is 0.500. The molecule has 1 fully saturated rings. The summed E-state index contributed by atoms with van der Waals surface area (Å²) >= 11 is 0. The van der Waals surface area contributed by atoms with E-state index in [0.717, 1.165) is 17.0 Å². The van der Waals surface area contributed by atoms with Crippen molar-refractivity contribution in [1.82, 2.24) is 5.32 Å². The van der Waals surface area contributed by atoms with E-state index in [2.05, 4.69) is 10.6 Å². The van der Waals surface area contributed by atoms with Crippen molar-refractivity contribution in [2.24, 2.45) is 11.8 Å². The maximum absolute atomic E-state index is 15.2. The SMILES string of the molecule is COC1=CC(C(C)C)C(C)(Nc2c(F)cc(N3C[C@H](CNC(C)=O)OC3=O)cc2F)C=C[C@H]1O. The molecule has 2 aliphatic rings. The Labute approximate surface area is 197 Å².